The van der Waals surface area contributed by atoms with Crippen LogP contribution in [0.15, 0.2) is 84.5 Å². The van der Waals surface area contributed by atoms with Crippen molar-refractivity contribution in [3.05, 3.63) is 113 Å². The van der Waals surface area contributed by atoms with Crippen LogP contribution in [0.4, 0.5) is 8.78 Å². The summed E-state index contributed by atoms with van der Waals surface area (Å²) in [6.07, 6.45) is 5.63. The highest BCUT2D eigenvalue weighted by Gasteiger charge is 2.29. The Labute approximate surface area is 161 Å². The Kier molecular flexibility index (Phi) is 3.69. The van der Waals surface area contributed by atoms with Gasteiger partial charge in [-0.25, -0.2) is 8.78 Å². The first-order valence-corrected chi connectivity index (χ1v) is 8.95. The van der Waals surface area contributed by atoms with Gasteiger partial charge in [-0.3, -0.25) is 4.79 Å². The van der Waals surface area contributed by atoms with Crippen LogP contribution in [0, 0.1) is 11.6 Å². The molecule has 0 amide bonds. The Morgan fingerprint density at radius 3 is 1.82 bits per heavy atom. The molecule has 0 radical (unpaired) electrons. The highest BCUT2D eigenvalue weighted by molar-refractivity contribution is 6.38. The number of Topliss-reactive ketones (excluding diaryl/α,β-unsaturated/α-hetero) is 1. The molecule has 0 bridgehead atoms. The van der Waals surface area contributed by atoms with Gasteiger partial charge in [0.05, 0.1) is 0 Å². The standard InChI is InChI=1S/C25H14F2O/c26-19-6-1-15(2-7-19)17-5-10-21-18(13-17)14-24-23(21)12-11-22(25(24)28)16-3-8-20(27)9-4-16/h1-14H. The highest BCUT2D eigenvalue weighted by Crippen LogP contribution is 2.42. The third-order valence-corrected chi connectivity index (χ3v) is 5.17. The van der Waals surface area contributed by atoms with E-state index >= 15 is 0 Å². The number of benzene rings is 3. The van der Waals surface area contributed by atoms with Crippen molar-refractivity contribution in [2.75, 3.05) is 0 Å². The Hall–Kier alpha value is -3.59. The summed E-state index contributed by atoms with van der Waals surface area (Å²) in [5.74, 6) is -0.665. The third kappa shape index (κ3) is 2.64. The molecule has 28 heavy (non-hydrogen) atoms. The van der Waals surface area contributed by atoms with E-state index in [1.807, 2.05) is 30.4 Å². The zero-order valence-electron chi connectivity index (χ0n) is 14.7. The molecule has 2 aliphatic carbocycles. The van der Waals surface area contributed by atoms with Crippen LogP contribution in [-0.2, 0) is 4.79 Å². The first-order chi connectivity index (χ1) is 13.6. The summed E-state index contributed by atoms with van der Waals surface area (Å²) in [4.78, 5) is 13.0. The Balaban J connectivity index is 1.54. The van der Waals surface area contributed by atoms with E-state index in [1.54, 1.807) is 30.3 Å². The summed E-state index contributed by atoms with van der Waals surface area (Å²) in [7, 11) is 0. The molecule has 0 saturated heterocycles. The summed E-state index contributed by atoms with van der Waals surface area (Å²) in [5.41, 5.74) is 6.66. The molecule has 3 heteroatoms. The maximum absolute atomic E-state index is 13.2. The van der Waals surface area contributed by atoms with Crippen LogP contribution in [-0.4, -0.2) is 5.78 Å². The van der Waals surface area contributed by atoms with E-state index in [2.05, 4.69) is 0 Å². The van der Waals surface area contributed by atoms with E-state index in [0.717, 1.165) is 27.8 Å². The summed E-state index contributed by atoms with van der Waals surface area (Å²) in [5, 5.41) is 0. The van der Waals surface area contributed by atoms with E-state index < -0.39 is 0 Å². The van der Waals surface area contributed by atoms with Crippen molar-refractivity contribution < 1.29 is 13.6 Å². The van der Waals surface area contributed by atoms with Crippen LogP contribution in [0.5, 0.6) is 0 Å². The van der Waals surface area contributed by atoms with Gasteiger partial charge in [-0.2, -0.15) is 0 Å². The van der Waals surface area contributed by atoms with Gasteiger partial charge in [0.25, 0.3) is 0 Å². The maximum Gasteiger partial charge on any atom is 0.194 e. The SMILES string of the molecule is O=C1C2=Cc3cc(-c4ccc(F)cc4)ccc3C2=CC=C1c1ccc(F)cc1. The molecule has 134 valence electrons. The fraction of sp³-hybridized carbons (Fsp3) is 0. The quantitative estimate of drug-likeness (QED) is 0.536. The number of rotatable bonds is 2. The van der Waals surface area contributed by atoms with Gasteiger partial charge in [-0.05, 0) is 75.9 Å². The zero-order chi connectivity index (χ0) is 19.3. The van der Waals surface area contributed by atoms with E-state index in [0.29, 0.717) is 16.7 Å². The highest BCUT2D eigenvalue weighted by atomic mass is 19.1. The van der Waals surface area contributed by atoms with Gasteiger partial charge in [0.15, 0.2) is 5.78 Å². The van der Waals surface area contributed by atoms with Crippen molar-refractivity contribution in [1.29, 1.82) is 0 Å². The minimum atomic E-state index is -0.329. The van der Waals surface area contributed by atoms with Gasteiger partial charge in [0, 0.05) is 11.1 Å². The predicted molar refractivity (Wildman–Crippen MR) is 107 cm³/mol. The molecule has 0 aliphatic heterocycles. The number of allylic oxidation sites excluding steroid dienone is 5. The first-order valence-electron chi connectivity index (χ1n) is 8.95. The molecule has 3 aromatic rings. The lowest BCUT2D eigenvalue weighted by molar-refractivity contribution is -0.110. The average molecular weight is 368 g/mol. The zero-order valence-corrected chi connectivity index (χ0v) is 14.7. The van der Waals surface area contributed by atoms with Crippen LogP contribution >= 0.6 is 0 Å². The monoisotopic (exact) mass is 368 g/mol. The number of carbonyl (C=O) groups excluding carboxylic acids is 1. The van der Waals surface area contributed by atoms with Crippen LogP contribution in [0.1, 0.15) is 16.7 Å². The molecule has 0 heterocycles. The van der Waals surface area contributed by atoms with Crippen molar-refractivity contribution in [3.63, 3.8) is 0 Å². The number of carbonyl (C=O) groups is 1. The molecular formula is C25H14F2O. The minimum absolute atomic E-state index is 0.0661. The Morgan fingerprint density at radius 2 is 1.14 bits per heavy atom. The van der Waals surface area contributed by atoms with Crippen molar-refractivity contribution in [2.45, 2.75) is 0 Å². The van der Waals surface area contributed by atoms with E-state index in [1.165, 1.54) is 24.3 Å². The second-order valence-electron chi connectivity index (χ2n) is 6.86. The topological polar surface area (TPSA) is 17.1 Å². The van der Waals surface area contributed by atoms with Gasteiger partial charge in [0.2, 0.25) is 0 Å². The van der Waals surface area contributed by atoms with Crippen LogP contribution < -0.4 is 0 Å². The van der Waals surface area contributed by atoms with Crippen LogP contribution in [0.3, 0.4) is 0 Å². The average Bonchev–Trinajstić information content (AvgIpc) is 3.08. The summed E-state index contributed by atoms with van der Waals surface area (Å²) in [6, 6.07) is 18.3. The number of fused-ring (bicyclic) bond motifs is 3. The number of hydrogen-bond acceptors (Lipinski definition) is 1. The first kappa shape index (κ1) is 16.6. The molecule has 0 aromatic heterocycles. The second kappa shape index (κ2) is 6.24. The Bertz CT molecular complexity index is 1210. The Morgan fingerprint density at radius 1 is 0.571 bits per heavy atom. The molecule has 0 saturated carbocycles. The summed E-state index contributed by atoms with van der Waals surface area (Å²) in [6.45, 7) is 0. The van der Waals surface area contributed by atoms with E-state index in [4.69, 9.17) is 0 Å². The smallest absolute Gasteiger partial charge is 0.194 e. The molecular weight excluding hydrogens is 354 g/mol. The number of hydrogen-bond donors (Lipinski definition) is 0. The van der Waals surface area contributed by atoms with Crippen molar-refractivity contribution >= 4 is 23.0 Å². The minimum Gasteiger partial charge on any atom is -0.289 e. The molecule has 0 fully saturated rings. The molecule has 0 atom stereocenters. The molecule has 0 spiro atoms. The van der Waals surface area contributed by atoms with Gasteiger partial charge < -0.3 is 0 Å². The predicted octanol–water partition coefficient (Wildman–Crippen LogP) is 6.08. The molecule has 1 nitrogen and oxygen atoms in total. The van der Waals surface area contributed by atoms with Crippen LogP contribution in [0.25, 0.3) is 28.3 Å². The molecule has 0 unspecified atom stereocenters. The van der Waals surface area contributed by atoms with Crippen molar-refractivity contribution in [3.8, 4) is 11.1 Å². The number of halogens is 2. The van der Waals surface area contributed by atoms with Gasteiger partial charge in [-0.15, -0.1) is 0 Å². The lowest BCUT2D eigenvalue weighted by Gasteiger charge is -2.14. The summed E-state index contributed by atoms with van der Waals surface area (Å²) < 4.78 is 26.4. The largest absolute Gasteiger partial charge is 0.289 e. The van der Waals surface area contributed by atoms with E-state index in [-0.39, 0.29) is 17.4 Å². The normalized spacial score (nSPS) is 14.8. The number of ketones is 1. The molecule has 3 aromatic carbocycles. The third-order valence-electron chi connectivity index (χ3n) is 5.17. The molecule has 2 aliphatic rings. The fourth-order valence-corrected chi connectivity index (χ4v) is 3.74. The van der Waals surface area contributed by atoms with Crippen molar-refractivity contribution in [2.24, 2.45) is 0 Å². The maximum atomic E-state index is 13.2. The van der Waals surface area contributed by atoms with E-state index in [9.17, 15) is 13.6 Å². The van der Waals surface area contributed by atoms with Crippen molar-refractivity contribution in [1.82, 2.24) is 0 Å². The van der Waals surface area contributed by atoms with Gasteiger partial charge in [-0.1, -0.05) is 42.5 Å². The van der Waals surface area contributed by atoms with Gasteiger partial charge in [0.1, 0.15) is 11.6 Å². The fourth-order valence-electron chi connectivity index (χ4n) is 3.74. The molecule has 5 rings (SSSR count). The second-order valence-corrected chi connectivity index (χ2v) is 6.86. The lowest BCUT2D eigenvalue weighted by atomic mass is 9.87. The lowest BCUT2D eigenvalue weighted by Crippen LogP contribution is -2.08. The summed E-state index contributed by atoms with van der Waals surface area (Å²) >= 11 is 0. The molecule has 0 N–H and O–H groups in total. The van der Waals surface area contributed by atoms with Crippen LogP contribution in [0.2, 0.25) is 0 Å². The van der Waals surface area contributed by atoms with Gasteiger partial charge >= 0.3 is 0 Å².